The van der Waals surface area contributed by atoms with E-state index in [1.165, 1.54) is 38.0 Å². The van der Waals surface area contributed by atoms with E-state index >= 15 is 0 Å². The summed E-state index contributed by atoms with van der Waals surface area (Å²) < 4.78 is 12.7. The van der Waals surface area contributed by atoms with Crippen molar-refractivity contribution in [3.63, 3.8) is 0 Å². The maximum absolute atomic E-state index is 7.13. The molecule has 0 spiro atoms. The zero-order valence-corrected chi connectivity index (χ0v) is 22.2. The lowest BCUT2D eigenvalue weighted by molar-refractivity contribution is 0.122. The van der Waals surface area contributed by atoms with Gasteiger partial charge < -0.3 is 14.4 Å². The zero-order valence-electron chi connectivity index (χ0n) is 22.2. The Morgan fingerprint density at radius 2 is 1.10 bits per heavy atom. The Morgan fingerprint density at radius 3 is 1.75 bits per heavy atom. The van der Waals surface area contributed by atoms with E-state index in [0.29, 0.717) is 0 Å². The fraction of sp³-hybridized carbons (Fsp3) is 0.135. The largest absolute Gasteiger partial charge is 0.473 e. The van der Waals surface area contributed by atoms with Crippen LogP contribution in [-0.4, -0.2) is 26.3 Å². The summed E-state index contributed by atoms with van der Waals surface area (Å²) in [7, 11) is 0. The summed E-state index contributed by atoms with van der Waals surface area (Å²) >= 11 is 0. The third-order valence-corrected chi connectivity index (χ3v) is 8.52. The van der Waals surface area contributed by atoms with Crippen LogP contribution in [0, 0.1) is 0 Å². The molecule has 194 valence electrons. The molecule has 0 bridgehead atoms. The molecule has 6 aromatic rings. The van der Waals surface area contributed by atoms with Crippen molar-refractivity contribution in [1.82, 2.24) is 0 Å². The molecule has 2 heterocycles. The number of benzene rings is 6. The number of nitrogens with zero attached hydrogens (tertiary/aromatic N) is 1. The van der Waals surface area contributed by atoms with Gasteiger partial charge in [-0.25, -0.2) is 0 Å². The van der Waals surface area contributed by atoms with Crippen LogP contribution in [0.3, 0.4) is 0 Å². The lowest BCUT2D eigenvalue weighted by atomic mass is 9.83. The summed E-state index contributed by atoms with van der Waals surface area (Å²) in [6, 6.07) is 41.4. The van der Waals surface area contributed by atoms with E-state index in [1.54, 1.807) is 0 Å². The van der Waals surface area contributed by atoms with Gasteiger partial charge in [0.1, 0.15) is 5.75 Å². The first kappa shape index (κ1) is 23.3. The smallest absolute Gasteiger partial charge is 0.178 e. The van der Waals surface area contributed by atoms with Gasteiger partial charge in [0.25, 0.3) is 0 Å². The first-order chi connectivity index (χ1) is 19.8. The molecule has 1 saturated heterocycles. The molecule has 0 amide bonds. The van der Waals surface area contributed by atoms with Gasteiger partial charge in [-0.3, -0.25) is 0 Å². The van der Waals surface area contributed by atoms with Gasteiger partial charge in [0.05, 0.1) is 13.2 Å². The van der Waals surface area contributed by atoms with Gasteiger partial charge in [-0.1, -0.05) is 97.1 Å². The van der Waals surface area contributed by atoms with E-state index in [9.17, 15) is 0 Å². The number of ether oxygens (including phenoxy) is 2. The molecule has 8 rings (SSSR count). The van der Waals surface area contributed by atoms with Crippen molar-refractivity contribution in [2.24, 2.45) is 0 Å². The molecule has 3 nitrogen and oxygen atoms in total. The number of fused-ring (bicyclic) bond motifs is 7. The molecule has 40 heavy (non-hydrogen) atoms. The Labute approximate surface area is 233 Å². The number of anilines is 1. The Hall–Kier alpha value is -4.60. The molecule has 1 atom stereocenters. The minimum atomic E-state index is -0.724. The normalized spacial score (nSPS) is 18.6. The van der Waals surface area contributed by atoms with Crippen LogP contribution in [0.25, 0.3) is 38.4 Å². The molecule has 0 N–H and O–H groups in total. The third kappa shape index (κ3) is 3.62. The topological polar surface area (TPSA) is 21.7 Å². The molecule has 0 radical (unpaired) electrons. The van der Waals surface area contributed by atoms with Crippen LogP contribution in [0.5, 0.6) is 5.75 Å². The molecule has 1 unspecified atom stereocenters. The highest BCUT2D eigenvalue weighted by atomic mass is 16.5. The highest BCUT2D eigenvalue weighted by Crippen LogP contribution is 2.46. The van der Waals surface area contributed by atoms with Crippen LogP contribution >= 0.6 is 0 Å². The number of hydrogen-bond acceptors (Lipinski definition) is 3. The summed E-state index contributed by atoms with van der Waals surface area (Å²) in [6.45, 7) is 3.39. The van der Waals surface area contributed by atoms with E-state index in [1.807, 2.05) is 0 Å². The van der Waals surface area contributed by atoms with Crippen molar-refractivity contribution in [3.8, 4) is 5.75 Å². The predicted octanol–water partition coefficient (Wildman–Crippen LogP) is 8.33. The van der Waals surface area contributed by atoms with Crippen LogP contribution in [0.2, 0.25) is 0 Å². The van der Waals surface area contributed by atoms with E-state index in [2.05, 4.69) is 132 Å². The first-order valence-corrected chi connectivity index (χ1v) is 14.0. The SMILES string of the molecule is C1=CC(c2ccccc2)(c2ccc(N3CCOCC3)cc2)Oc2cc3c4ccccc4c4ccccc4c3cc21. The second kappa shape index (κ2) is 9.25. The van der Waals surface area contributed by atoms with Crippen molar-refractivity contribution >= 4 is 44.1 Å². The van der Waals surface area contributed by atoms with Gasteiger partial charge in [0.2, 0.25) is 0 Å². The Balaban J connectivity index is 1.31. The van der Waals surface area contributed by atoms with Crippen molar-refractivity contribution in [1.29, 1.82) is 0 Å². The molecular formula is C37H29NO2. The minimum absolute atomic E-state index is 0.724. The quantitative estimate of drug-likeness (QED) is 0.219. The summed E-state index contributed by atoms with van der Waals surface area (Å²) in [4.78, 5) is 2.39. The molecule has 0 aliphatic carbocycles. The molecule has 3 heteroatoms. The summed E-state index contributed by atoms with van der Waals surface area (Å²) in [5, 5.41) is 7.54. The van der Waals surface area contributed by atoms with E-state index in [0.717, 1.165) is 48.7 Å². The van der Waals surface area contributed by atoms with Crippen LogP contribution in [0.4, 0.5) is 5.69 Å². The zero-order chi connectivity index (χ0) is 26.5. The number of rotatable bonds is 3. The lowest BCUT2D eigenvalue weighted by Crippen LogP contribution is -2.36. The summed E-state index contributed by atoms with van der Waals surface area (Å²) in [6.07, 6.45) is 4.47. The molecule has 2 aliphatic rings. The molecule has 0 aromatic heterocycles. The van der Waals surface area contributed by atoms with Gasteiger partial charge in [-0.05, 0) is 62.7 Å². The number of hydrogen-bond donors (Lipinski definition) is 0. The minimum Gasteiger partial charge on any atom is -0.473 e. The van der Waals surface area contributed by atoms with Gasteiger partial charge in [0.15, 0.2) is 5.60 Å². The van der Waals surface area contributed by atoms with Crippen molar-refractivity contribution in [2.75, 3.05) is 31.2 Å². The average molecular weight is 520 g/mol. The molecule has 0 saturated carbocycles. The molecule has 1 fully saturated rings. The van der Waals surface area contributed by atoms with Crippen molar-refractivity contribution in [3.05, 3.63) is 138 Å². The van der Waals surface area contributed by atoms with Gasteiger partial charge >= 0.3 is 0 Å². The van der Waals surface area contributed by atoms with Crippen LogP contribution < -0.4 is 9.64 Å². The van der Waals surface area contributed by atoms with Crippen LogP contribution in [0.15, 0.2) is 121 Å². The van der Waals surface area contributed by atoms with Crippen molar-refractivity contribution in [2.45, 2.75) is 5.60 Å². The fourth-order valence-corrected chi connectivity index (χ4v) is 6.49. The maximum Gasteiger partial charge on any atom is 0.178 e. The van der Waals surface area contributed by atoms with Gasteiger partial charge in [-0.15, -0.1) is 0 Å². The predicted molar refractivity (Wildman–Crippen MR) is 165 cm³/mol. The molecule has 6 aromatic carbocycles. The standard InChI is InChI=1S/C37H29NO2/c1-2-8-27(9-3-1)37(28-14-16-29(17-15-28)38-20-22-39-23-21-38)19-18-26-24-34-32-12-6-4-10-30(32)31-11-5-7-13-33(31)35(34)25-36(26)40-37/h1-19,24-25H,20-23H2. The molecular weight excluding hydrogens is 490 g/mol. The van der Waals surface area contributed by atoms with Gasteiger partial charge in [0, 0.05) is 35.5 Å². The second-order valence-corrected chi connectivity index (χ2v) is 10.7. The Morgan fingerprint density at radius 1 is 0.550 bits per heavy atom. The monoisotopic (exact) mass is 519 g/mol. The summed E-state index contributed by atoms with van der Waals surface area (Å²) in [5.41, 5.74) is 3.82. The van der Waals surface area contributed by atoms with Crippen LogP contribution in [0.1, 0.15) is 16.7 Å². The van der Waals surface area contributed by atoms with Crippen molar-refractivity contribution < 1.29 is 9.47 Å². The Bertz CT molecular complexity index is 1900. The highest BCUT2D eigenvalue weighted by molar-refractivity contribution is 6.25. The number of morpholine rings is 1. The van der Waals surface area contributed by atoms with E-state index in [4.69, 9.17) is 9.47 Å². The van der Waals surface area contributed by atoms with E-state index in [-0.39, 0.29) is 0 Å². The third-order valence-electron chi connectivity index (χ3n) is 8.52. The fourth-order valence-electron chi connectivity index (χ4n) is 6.49. The van der Waals surface area contributed by atoms with Gasteiger partial charge in [-0.2, -0.15) is 0 Å². The lowest BCUT2D eigenvalue weighted by Gasteiger charge is -2.37. The van der Waals surface area contributed by atoms with E-state index < -0.39 is 5.60 Å². The average Bonchev–Trinajstić information content (AvgIpc) is 3.05. The Kier molecular flexibility index (Phi) is 5.39. The first-order valence-electron chi connectivity index (χ1n) is 14.0. The maximum atomic E-state index is 7.13. The second-order valence-electron chi connectivity index (χ2n) is 10.7. The highest BCUT2D eigenvalue weighted by Gasteiger charge is 2.37. The molecule has 2 aliphatic heterocycles. The summed E-state index contributed by atoms with van der Waals surface area (Å²) in [5.74, 6) is 0.900. The van der Waals surface area contributed by atoms with Crippen LogP contribution in [-0.2, 0) is 10.3 Å².